The maximum atomic E-state index is 12.8. The molecule has 0 unspecified atom stereocenters. The van der Waals surface area contributed by atoms with Gasteiger partial charge in [0.25, 0.3) is 6.43 Å². The van der Waals surface area contributed by atoms with Gasteiger partial charge in [-0.3, -0.25) is 4.79 Å². The fraction of sp³-hybridized carbons (Fsp3) is 0.250. The van der Waals surface area contributed by atoms with Gasteiger partial charge in [0.2, 0.25) is 0 Å². The highest BCUT2D eigenvalue weighted by molar-refractivity contribution is 5.72. The summed E-state index contributed by atoms with van der Waals surface area (Å²) in [5.41, 5.74) is -1.83. The van der Waals surface area contributed by atoms with Crippen LogP contribution in [-0.2, 0) is 11.2 Å². The summed E-state index contributed by atoms with van der Waals surface area (Å²) in [4.78, 5) is 22.5. The van der Waals surface area contributed by atoms with Gasteiger partial charge in [0.05, 0.1) is 12.0 Å². The molecule has 0 saturated heterocycles. The first-order chi connectivity index (χ1) is 7.82. The molecule has 0 bridgehead atoms. The number of pyridine rings is 1. The van der Waals surface area contributed by atoms with Gasteiger partial charge in [0.1, 0.15) is 0 Å². The number of rotatable bonds is 4. The van der Waals surface area contributed by atoms with Crippen LogP contribution in [0.2, 0.25) is 0 Å². The number of halogens is 3. The summed E-state index contributed by atoms with van der Waals surface area (Å²) in [6, 6.07) is 0.288. The van der Waals surface area contributed by atoms with Crippen LogP contribution in [0.15, 0.2) is 6.07 Å². The average molecular weight is 250 g/mol. The molecule has 0 spiro atoms. The lowest BCUT2D eigenvalue weighted by Crippen LogP contribution is -2.10. The monoisotopic (exact) mass is 250 g/mol. The normalized spacial score (nSPS) is 10.6. The van der Waals surface area contributed by atoms with Gasteiger partial charge in [-0.1, -0.05) is 0 Å². The molecule has 92 valence electrons. The molecule has 1 heterocycles. The van der Waals surface area contributed by atoms with Gasteiger partial charge in [0.15, 0.2) is 0 Å². The number of aromatic nitrogens is 1. The standard InChI is InChI=1S/C8H5F3N2O4/c9-5-1-3(7(10)11)4(2-6(14)15)8(12-5)13(16)17/h1,7H,2H2,(H,14,15). The summed E-state index contributed by atoms with van der Waals surface area (Å²) in [6.45, 7) is 0. The molecule has 0 amide bonds. The van der Waals surface area contributed by atoms with E-state index < -0.39 is 46.6 Å². The number of carboxylic acids is 1. The van der Waals surface area contributed by atoms with Crippen molar-refractivity contribution in [2.75, 3.05) is 0 Å². The quantitative estimate of drug-likeness (QED) is 0.498. The predicted octanol–water partition coefficient (Wildman–Crippen LogP) is 1.69. The largest absolute Gasteiger partial charge is 0.481 e. The molecule has 0 aliphatic heterocycles. The van der Waals surface area contributed by atoms with E-state index in [0.29, 0.717) is 0 Å². The summed E-state index contributed by atoms with van der Waals surface area (Å²) in [7, 11) is 0. The molecular weight excluding hydrogens is 245 g/mol. The zero-order valence-corrected chi connectivity index (χ0v) is 8.06. The minimum absolute atomic E-state index is 0.288. The van der Waals surface area contributed by atoms with Crippen LogP contribution in [0.1, 0.15) is 17.6 Å². The molecule has 6 nitrogen and oxygen atoms in total. The van der Waals surface area contributed by atoms with Crippen LogP contribution in [0.25, 0.3) is 0 Å². The van der Waals surface area contributed by atoms with Crippen LogP contribution in [0.3, 0.4) is 0 Å². The first-order valence-electron chi connectivity index (χ1n) is 4.16. The number of alkyl halides is 2. The van der Waals surface area contributed by atoms with E-state index in [2.05, 4.69) is 4.98 Å². The molecule has 0 saturated carbocycles. The van der Waals surface area contributed by atoms with Crippen LogP contribution >= 0.6 is 0 Å². The maximum absolute atomic E-state index is 12.8. The lowest BCUT2D eigenvalue weighted by atomic mass is 10.1. The highest BCUT2D eigenvalue weighted by Crippen LogP contribution is 2.29. The Morgan fingerprint density at radius 1 is 1.59 bits per heavy atom. The van der Waals surface area contributed by atoms with Crippen molar-refractivity contribution in [1.82, 2.24) is 4.98 Å². The molecule has 0 fully saturated rings. The minimum atomic E-state index is -3.22. The van der Waals surface area contributed by atoms with E-state index in [1.54, 1.807) is 0 Å². The summed E-state index contributed by atoms with van der Waals surface area (Å²) >= 11 is 0. The Morgan fingerprint density at radius 3 is 2.59 bits per heavy atom. The van der Waals surface area contributed by atoms with Crippen LogP contribution in [0, 0.1) is 16.1 Å². The Kier molecular flexibility index (Phi) is 3.61. The topological polar surface area (TPSA) is 93.3 Å². The minimum Gasteiger partial charge on any atom is -0.481 e. The van der Waals surface area contributed by atoms with E-state index >= 15 is 0 Å². The smallest absolute Gasteiger partial charge is 0.371 e. The molecule has 0 aliphatic rings. The molecule has 17 heavy (non-hydrogen) atoms. The summed E-state index contributed by atoms with van der Waals surface area (Å²) < 4.78 is 37.8. The number of hydrogen-bond acceptors (Lipinski definition) is 4. The molecule has 1 N–H and O–H groups in total. The molecule has 1 aromatic heterocycles. The maximum Gasteiger partial charge on any atom is 0.371 e. The van der Waals surface area contributed by atoms with Crippen molar-refractivity contribution in [3.63, 3.8) is 0 Å². The number of nitrogens with zero attached hydrogens (tertiary/aromatic N) is 2. The second-order valence-corrected chi connectivity index (χ2v) is 2.96. The van der Waals surface area contributed by atoms with Crippen molar-refractivity contribution in [1.29, 1.82) is 0 Å². The van der Waals surface area contributed by atoms with Crippen molar-refractivity contribution in [3.8, 4) is 0 Å². The second kappa shape index (κ2) is 4.76. The van der Waals surface area contributed by atoms with Gasteiger partial charge in [-0.15, -0.1) is 0 Å². The first-order valence-corrected chi connectivity index (χ1v) is 4.16. The molecule has 1 rings (SSSR count). The first kappa shape index (κ1) is 12.9. The van der Waals surface area contributed by atoms with Crippen LogP contribution in [0.4, 0.5) is 19.0 Å². The van der Waals surface area contributed by atoms with Crippen molar-refractivity contribution in [2.45, 2.75) is 12.8 Å². The molecule has 0 radical (unpaired) electrons. The Bertz CT molecular complexity index is 478. The fourth-order valence-corrected chi connectivity index (χ4v) is 1.22. The summed E-state index contributed by atoms with van der Waals surface area (Å²) in [6.07, 6.45) is -4.25. The number of nitro groups is 1. The molecule has 0 atom stereocenters. The zero-order chi connectivity index (χ0) is 13.2. The van der Waals surface area contributed by atoms with E-state index in [0.717, 1.165) is 0 Å². The lowest BCUT2D eigenvalue weighted by Gasteiger charge is -2.06. The van der Waals surface area contributed by atoms with Crippen LogP contribution in [-0.4, -0.2) is 21.0 Å². The Balaban J connectivity index is 3.46. The van der Waals surface area contributed by atoms with Gasteiger partial charge in [-0.05, 0) is 9.91 Å². The molecular formula is C8H5F3N2O4. The van der Waals surface area contributed by atoms with Crippen molar-refractivity contribution >= 4 is 11.8 Å². The molecule has 0 aliphatic carbocycles. The van der Waals surface area contributed by atoms with Gasteiger partial charge in [-0.2, -0.15) is 4.39 Å². The summed E-state index contributed by atoms with van der Waals surface area (Å²) in [5, 5.41) is 18.9. The zero-order valence-electron chi connectivity index (χ0n) is 8.06. The van der Waals surface area contributed by atoms with E-state index in [4.69, 9.17) is 5.11 Å². The van der Waals surface area contributed by atoms with Crippen LogP contribution in [0.5, 0.6) is 0 Å². The van der Waals surface area contributed by atoms with Crippen molar-refractivity contribution in [2.24, 2.45) is 0 Å². The SMILES string of the molecule is O=C(O)Cc1c(C(F)F)cc(F)nc1[N+](=O)[O-]. The van der Waals surface area contributed by atoms with E-state index in [-0.39, 0.29) is 6.07 Å². The highest BCUT2D eigenvalue weighted by atomic mass is 19.3. The number of hydrogen-bond donors (Lipinski definition) is 1. The van der Waals surface area contributed by atoms with Crippen molar-refractivity contribution in [3.05, 3.63) is 33.3 Å². The Hall–Kier alpha value is -2.19. The van der Waals surface area contributed by atoms with E-state index in [9.17, 15) is 28.1 Å². The van der Waals surface area contributed by atoms with Crippen LogP contribution < -0.4 is 0 Å². The summed E-state index contributed by atoms with van der Waals surface area (Å²) in [5.74, 6) is -4.22. The van der Waals surface area contributed by atoms with Gasteiger partial charge >= 0.3 is 17.7 Å². The average Bonchev–Trinajstić information content (AvgIpc) is 2.18. The fourth-order valence-electron chi connectivity index (χ4n) is 1.22. The Morgan fingerprint density at radius 2 is 2.18 bits per heavy atom. The number of aliphatic carboxylic acids is 1. The third-order valence-electron chi connectivity index (χ3n) is 1.84. The van der Waals surface area contributed by atoms with Crippen molar-refractivity contribution < 1.29 is 28.0 Å². The number of carboxylic acid groups (broad SMARTS) is 1. The molecule has 9 heteroatoms. The third kappa shape index (κ3) is 2.89. The van der Waals surface area contributed by atoms with Gasteiger partial charge in [0, 0.05) is 11.6 Å². The molecule has 0 aromatic carbocycles. The van der Waals surface area contributed by atoms with Gasteiger partial charge < -0.3 is 15.2 Å². The lowest BCUT2D eigenvalue weighted by molar-refractivity contribution is -0.390. The highest BCUT2D eigenvalue weighted by Gasteiger charge is 2.28. The molecule has 1 aromatic rings. The van der Waals surface area contributed by atoms with E-state index in [1.165, 1.54) is 0 Å². The third-order valence-corrected chi connectivity index (χ3v) is 1.84. The second-order valence-electron chi connectivity index (χ2n) is 2.96. The number of carbonyl (C=O) groups is 1. The van der Waals surface area contributed by atoms with E-state index in [1.807, 2.05) is 0 Å². The predicted molar refractivity (Wildman–Crippen MR) is 47.1 cm³/mol. The van der Waals surface area contributed by atoms with Gasteiger partial charge in [-0.25, -0.2) is 8.78 Å². The Labute approximate surface area is 91.9 Å².